The van der Waals surface area contributed by atoms with E-state index in [2.05, 4.69) is 5.32 Å². The highest BCUT2D eigenvalue weighted by Gasteiger charge is 2.11. The molecule has 0 aliphatic heterocycles. The van der Waals surface area contributed by atoms with Gasteiger partial charge in [-0.05, 0) is 48.9 Å². The summed E-state index contributed by atoms with van der Waals surface area (Å²) in [6.45, 7) is 2.61. The summed E-state index contributed by atoms with van der Waals surface area (Å²) in [5.41, 5.74) is 2.19. The molecule has 0 saturated carbocycles. The normalized spacial score (nSPS) is 10.5. The molecule has 0 fully saturated rings. The Balaban J connectivity index is 1.52. The van der Waals surface area contributed by atoms with Crippen LogP contribution in [0.25, 0.3) is 0 Å². The maximum Gasteiger partial charge on any atom is 0.287 e. The average molecular weight is 339 g/mol. The van der Waals surface area contributed by atoms with E-state index in [1.807, 2.05) is 31.2 Å². The van der Waals surface area contributed by atoms with E-state index in [-0.39, 0.29) is 24.1 Å². The molecule has 0 radical (unpaired) electrons. The molecule has 2 aromatic carbocycles. The third kappa shape index (κ3) is 4.70. The molecule has 1 heterocycles. The molecule has 0 unspecified atom stereocenters. The van der Waals surface area contributed by atoms with Gasteiger partial charge in [-0.15, -0.1) is 0 Å². The van der Waals surface area contributed by atoms with Gasteiger partial charge in [0.25, 0.3) is 5.91 Å². The van der Waals surface area contributed by atoms with Gasteiger partial charge >= 0.3 is 0 Å². The molecule has 3 aromatic rings. The molecule has 0 spiro atoms. The highest BCUT2D eigenvalue weighted by molar-refractivity contribution is 5.91. The number of rotatable bonds is 6. The smallest absolute Gasteiger partial charge is 0.287 e. The van der Waals surface area contributed by atoms with Crippen molar-refractivity contribution in [3.05, 3.63) is 89.1 Å². The van der Waals surface area contributed by atoms with Crippen molar-refractivity contribution in [2.75, 3.05) is 0 Å². The molecule has 4 nitrogen and oxygen atoms in total. The van der Waals surface area contributed by atoms with Gasteiger partial charge in [0.2, 0.25) is 0 Å². The van der Waals surface area contributed by atoms with E-state index >= 15 is 0 Å². The summed E-state index contributed by atoms with van der Waals surface area (Å²) in [4.78, 5) is 12.1. The molecule has 1 N–H and O–H groups in total. The van der Waals surface area contributed by atoms with Crippen LogP contribution in [0.1, 0.15) is 27.4 Å². The molecule has 0 bridgehead atoms. The summed E-state index contributed by atoms with van der Waals surface area (Å²) in [5, 5.41) is 2.81. The number of furan rings is 1. The molecule has 0 atom stereocenters. The van der Waals surface area contributed by atoms with Crippen molar-refractivity contribution < 1.29 is 18.3 Å². The lowest BCUT2D eigenvalue weighted by atomic mass is 10.1. The predicted molar refractivity (Wildman–Crippen MR) is 91.8 cm³/mol. The summed E-state index contributed by atoms with van der Waals surface area (Å²) in [5.74, 6) is 0.671. The molecular weight excluding hydrogens is 321 g/mol. The number of carbonyl (C=O) groups excluding carboxylic acids is 1. The lowest BCUT2D eigenvalue weighted by Gasteiger charge is -2.05. The Kier molecular flexibility index (Phi) is 5.14. The molecule has 3 rings (SSSR count). The van der Waals surface area contributed by atoms with Gasteiger partial charge in [0.15, 0.2) is 5.76 Å². The van der Waals surface area contributed by atoms with Crippen molar-refractivity contribution in [1.82, 2.24) is 5.32 Å². The second-order valence-electron chi connectivity index (χ2n) is 5.68. The van der Waals surface area contributed by atoms with Gasteiger partial charge in [-0.25, -0.2) is 4.39 Å². The maximum atomic E-state index is 12.8. The van der Waals surface area contributed by atoms with Gasteiger partial charge in [-0.1, -0.05) is 29.8 Å². The summed E-state index contributed by atoms with van der Waals surface area (Å²) in [7, 11) is 0. The first-order valence-electron chi connectivity index (χ1n) is 7.91. The van der Waals surface area contributed by atoms with Crippen molar-refractivity contribution in [3.8, 4) is 5.75 Å². The summed E-state index contributed by atoms with van der Waals surface area (Å²) in [6.07, 6.45) is 0. The highest BCUT2D eigenvalue weighted by atomic mass is 19.1. The number of carbonyl (C=O) groups is 1. The minimum absolute atomic E-state index is 0.164. The second kappa shape index (κ2) is 7.66. The van der Waals surface area contributed by atoms with Crippen LogP contribution < -0.4 is 10.1 Å². The van der Waals surface area contributed by atoms with Crippen molar-refractivity contribution in [1.29, 1.82) is 0 Å². The number of nitrogens with one attached hydrogen (secondary N) is 1. The Morgan fingerprint density at radius 1 is 1.04 bits per heavy atom. The van der Waals surface area contributed by atoms with Crippen LogP contribution in [0.3, 0.4) is 0 Å². The predicted octanol–water partition coefficient (Wildman–Crippen LogP) is 4.24. The van der Waals surface area contributed by atoms with Crippen LogP contribution in [-0.2, 0) is 13.2 Å². The number of halogens is 1. The molecule has 5 heteroatoms. The Bertz CT molecular complexity index is 838. The lowest BCUT2D eigenvalue weighted by molar-refractivity contribution is 0.0919. The standard InChI is InChI=1S/C20H18FNO3/c1-14-2-4-15(5-3-14)12-22-20(23)19-11-10-18(25-19)13-24-17-8-6-16(21)7-9-17/h2-11H,12-13H2,1H3,(H,22,23). The molecule has 0 aliphatic carbocycles. The van der Waals surface area contributed by atoms with Crippen LogP contribution in [0.15, 0.2) is 65.1 Å². The van der Waals surface area contributed by atoms with Crippen LogP contribution in [-0.4, -0.2) is 5.91 Å². The number of hydrogen-bond acceptors (Lipinski definition) is 3. The maximum absolute atomic E-state index is 12.8. The van der Waals surface area contributed by atoms with Crippen LogP contribution in [0.4, 0.5) is 4.39 Å². The number of ether oxygens (including phenoxy) is 1. The van der Waals surface area contributed by atoms with Crippen molar-refractivity contribution >= 4 is 5.91 Å². The van der Waals surface area contributed by atoms with Crippen LogP contribution >= 0.6 is 0 Å². The van der Waals surface area contributed by atoms with E-state index in [1.165, 1.54) is 29.8 Å². The topological polar surface area (TPSA) is 51.5 Å². The first-order valence-corrected chi connectivity index (χ1v) is 7.91. The van der Waals surface area contributed by atoms with Crippen molar-refractivity contribution in [3.63, 3.8) is 0 Å². The van der Waals surface area contributed by atoms with Gasteiger partial charge in [-0.2, -0.15) is 0 Å². The number of hydrogen-bond donors (Lipinski definition) is 1. The fourth-order valence-corrected chi connectivity index (χ4v) is 2.24. The van der Waals surface area contributed by atoms with Gasteiger partial charge in [0, 0.05) is 6.54 Å². The molecule has 0 aliphatic rings. The largest absolute Gasteiger partial charge is 0.486 e. The Morgan fingerprint density at radius 3 is 2.48 bits per heavy atom. The van der Waals surface area contributed by atoms with Gasteiger partial charge in [0.1, 0.15) is 23.9 Å². The van der Waals surface area contributed by atoms with E-state index in [9.17, 15) is 9.18 Å². The number of aryl methyl sites for hydroxylation is 1. The van der Waals surface area contributed by atoms with E-state index < -0.39 is 0 Å². The van der Waals surface area contributed by atoms with Crippen LogP contribution in [0.2, 0.25) is 0 Å². The highest BCUT2D eigenvalue weighted by Crippen LogP contribution is 2.15. The summed E-state index contributed by atoms with van der Waals surface area (Å²) >= 11 is 0. The second-order valence-corrected chi connectivity index (χ2v) is 5.68. The lowest BCUT2D eigenvalue weighted by Crippen LogP contribution is -2.22. The number of amides is 1. The quantitative estimate of drug-likeness (QED) is 0.731. The van der Waals surface area contributed by atoms with Gasteiger partial charge in [-0.3, -0.25) is 4.79 Å². The molecule has 1 aromatic heterocycles. The molecule has 0 saturated heterocycles. The Labute approximate surface area is 145 Å². The molecule has 25 heavy (non-hydrogen) atoms. The van der Waals surface area contributed by atoms with Crippen LogP contribution in [0.5, 0.6) is 5.75 Å². The molecule has 128 valence electrons. The third-order valence-corrected chi connectivity index (χ3v) is 3.65. The average Bonchev–Trinajstić information content (AvgIpc) is 3.10. The zero-order valence-electron chi connectivity index (χ0n) is 13.8. The SMILES string of the molecule is Cc1ccc(CNC(=O)c2ccc(COc3ccc(F)cc3)o2)cc1. The van der Waals surface area contributed by atoms with Gasteiger partial charge in [0.05, 0.1) is 0 Å². The number of benzene rings is 2. The monoisotopic (exact) mass is 339 g/mol. The fourth-order valence-electron chi connectivity index (χ4n) is 2.24. The third-order valence-electron chi connectivity index (χ3n) is 3.65. The first-order chi connectivity index (χ1) is 12.1. The van der Waals surface area contributed by atoms with E-state index in [1.54, 1.807) is 12.1 Å². The zero-order valence-corrected chi connectivity index (χ0v) is 13.8. The van der Waals surface area contributed by atoms with Crippen molar-refractivity contribution in [2.24, 2.45) is 0 Å². The minimum Gasteiger partial charge on any atom is -0.486 e. The van der Waals surface area contributed by atoms with Gasteiger partial charge < -0.3 is 14.5 Å². The van der Waals surface area contributed by atoms with Crippen LogP contribution in [0, 0.1) is 12.7 Å². The molecule has 1 amide bonds. The van der Waals surface area contributed by atoms with E-state index in [0.29, 0.717) is 18.1 Å². The summed E-state index contributed by atoms with van der Waals surface area (Å²) in [6, 6.07) is 16.9. The van der Waals surface area contributed by atoms with Crippen molar-refractivity contribution in [2.45, 2.75) is 20.1 Å². The zero-order chi connectivity index (χ0) is 17.6. The van der Waals surface area contributed by atoms with E-state index in [4.69, 9.17) is 9.15 Å². The minimum atomic E-state index is -0.321. The first kappa shape index (κ1) is 16.8. The van der Waals surface area contributed by atoms with E-state index in [0.717, 1.165) is 5.56 Å². The Morgan fingerprint density at radius 2 is 1.76 bits per heavy atom. The molecular formula is C20H18FNO3. The fraction of sp³-hybridized carbons (Fsp3) is 0.150. The summed E-state index contributed by atoms with van der Waals surface area (Å²) < 4.78 is 23.8. The Hall–Kier alpha value is -3.08.